The Bertz CT molecular complexity index is 717. The molecule has 0 fully saturated rings. The molecule has 0 saturated carbocycles. The molecule has 0 radical (unpaired) electrons. The fourth-order valence-corrected chi connectivity index (χ4v) is 2.19. The quantitative estimate of drug-likeness (QED) is 0.936. The number of hydrogen-bond donors (Lipinski definition) is 1. The van der Waals surface area contributed by atoms with Gasteiger partial charge in [-0.1, -0.05) is 12.1 Å². The average Bonchev–Trinajstić information content (AvgIpc) is 2.41. The highest BCUT2D eigenvalue weighted by atomic mass is 19.1. The molecule has 5 heteroatoms. The highest BCUT2D eigenvalue weighted by Gasteiger charge is 2.18. The van der Waals surface area contributed by atoms with E-state index >= 15 is 0 Å². The molecule has 0 amide bonds. The van der Waals surface area contributed by atoms with Crippen LogP contribution in [0.5, 0.6) is 0 Å². The lowest BCUT2D eigenvalue weighted by molar-refractivity contribution is 0.0694. The Kier molecular flexibility index (Phi) is 3.70. The van der Waals surface area contributed by atoms with Gasteiger partial charge < -0.3 is 9.67 Å². The molecule has 1 aromatic carbocycles. The molecule has 20 heavy (non-hydrogen) atoms. The summed E-state index contributed by atoms with van der Waals surface area (Å²) in [5.74, 6) is -1.67. The number of carboxylic acid groups (broad SMARTS) is 1. The highest BCUT2D eigenvalue weighted by Crippen LogP contribution is 2.21. The lowest BCUT2D eigenvalue weighted by Gasteiger charge is -2.14. The van der Waals surface area contributed by atoms with Crippen molar-refractivity contribution in [2.24, 2.45) is 0 Å². The van der Waals surface area contributed by atoms with Crippen LogP contribution < -0.4 is 5.43 Å². The Labute approximate surface area is 115 Å². The molecule has 1 heterocycles. The fraction of sp³-hybridized carbons (Fsp3) is 0.200. The number of hydrogen-bond acceptors (Lipinski definition) is 2. The normalized spacial score (nSPS) is 10.6. The largest absolute Gasteiger partial charge is 0.477 e. The number of aromatic nitrogens is 1. The molecule has 1 aromatic heterocycles. The van der Waals surface area contributed by atoms with Gasteiger partial charge in [-0.15, -0.1) is 0 Å². The maximum atomic E-state index is 13.0. The van der Waals surface area contributed by atoms with E-state index in [0.717, 1.165) is 0 Å². The van der Waals surface area contributed by atoms with Gasteiger partial charge in [0.2, 0.25) is 5.43 Å². The summed E-state index contributed by atoms with van der Waals surface area (Å²) < 4.78 is 14.7. The first-order valence-electron chi connectivity index (χ1n) is 6.19. The topological polar surface area (TPSA) is 59.3 Å². The Morgan fingerprint density at radius 3 is 2.40 bits per heavy atom. The second kappa shape index (κ2) is 5.28. The van der Waals surface area contributed by atoms with Gasteiger partial charge in [0.05, 0.1) is 0 Å². The van der Waals surface area contributed by atoms with Crippen molar-refractivity contribution in [3.05, 3.63) is 57.8 Å². The van der Waals surface area contributed by atoms with Crippen LogP contribution in [0.4, 0.5) is 4.39 Å². The van der Waals surface area contributed by atoms with E-state index in [2.05, 4.69) is 0 Å². The third-order valence-corrected chi connectivity index (χ3v) is 3.25. The molecule has 0 aliphatic rings. The van der Waals surface area contributed by atoms with Crippen molar-refractivity contribution in [1.29, 1.82) is 0 Å². The Morgan fingerprint density at radius 2 is 1.90 bits per heavy atom. The average molecular weight is 275 g/mol. The second-order valence-corrected chi connectivity index (χ2v) is 4.43. The second-order valence-electron chi connectivity index (χ2n) is 4.43. The van der Waals surface area contributed by atoms with Gasteiger partial charge in [-0.3, -0.25) is 4.79 Å². The molecule has 0 spiro atoms. The number of carboxylic acids is 1. The molecular weight excluding hydrogens is 261 g/mol. The first kappa shape index (κ1) is 14.0. The molecule has 0 atom stereocenters. The standard InChI is InChI=1S/C15H14FNO3/c1-3-17-8-12(15(19)20)14(18)13(9(17)2)10-4-6-11(16)7-5-10/h4-8H,3H2,1-2H3,(H,19,20). The van der Waals surface area contributed by atoms with Crippen molar-refractivity contribution in [2.45, 2.75) is 20.4 Å². The van der Waals surface area contributed by atoms with E-state index in [9.17, 15) is 14.0 Å². The summed E-state index contributed by atoms with van der Waals surface area (Å²) in [6.07, 6.45) is 1.34. The fourth-order valence-electron chi connectivity index (χ4n) is 2.19. The van der Waals surface area contributed by atoms with Crippen LogP contribution in [-0.2, 0) is 6.54 Å². The van der Waals surface area contributed by atoms with Crippen LogP contribution in [-0.4, -0.2) is 15.6 Å². The highest BCUT2D eigenvalue weighted by molar-refractivity contribution is 5.89. The number of halogens is 1. The van der Waals surface area contributed by atoms with Gasteiger partial charge in [0, 0.05) is 24.0 Å². The number of benzene rings is 1. The van der Waals surface area contributed by atoms with E-state index in [0.29, 0.717) is 23.4 Å². The third kappa shape index (κ3) is 2.34. The zero-order chi connectivity index (χ0) is 14.9. The number of carbonyl (C=O) groups is 1. The lowest BCUT2D eigenvalue weighted by atomic mass is 10.0. The van der Waals surface area contributed by atoms with E-state index in [-0.39, 0.29) is 5.56 Å². The zero-order valence-electron chi connectivity index (χ0n) is 11.2. The van der Waals surface area contributed by atoms with Crippen LogP contribution in [0.3, 0.4) is 0 Å². The predicted octanol–water partition coefficient (Wildman–Crippen LogP) is 2.68. The van der Waals surface area contributed by atoms with E-state index in [1.54, 1.807) is 11.5 Å². The van der Waals surface area contributed by atoms with E-state index < -0.39 is 17.2 Å². The van der Waals surface area contributed by atoms with Crippen LogP contribution in [0.1, 0.15) is 23.0 Å². The van der Waals surface area contributed by atoms with Crippen molar-refractivity contribution in [3.63, 3.8) is 0 Å². The maximum Gasteiger partial charge on any atom is 0.341 e. The monoisotopic (exact) mass is 275 g/mol. The predicted molar refractivity (Wildman–Crippen MR) is 73.5 cm³/mol. The summed E-state index contributed by atoms with van der Waals surface area (Å²) in [5, 5.41) is 9.12. The summed E-state index contributed by atoms with van der Waals surface area (Å²) >= 11 is 0. The minimum Gasteiger partial charge on any atom is -0.477 e. The van der Waals surface area contributed by atoms with Crippen LogP contribution in [0, 0.1) is 12.7 Å². The number of nitrogens with zero attached hydrogens (tertiary/aromatic N) is 1. The molecule has 2 aromatic rings. The first-order valence-corrected chi connectivity index (χ1v) is 6.19. The van der Waals surface area contributed by atoms with Crippen LogP contribution >= 0.6 is 0 Å². The van der Waals surface area contributed by atoms with Crippen molar-refractivity contribution in [1.82, 2.24) is 4.57 Å². The van der Waals surface area contributed by atoms with Gasteiger partial charge in [0.1, 0.15) is 11.4 Å². The molecule has 0 unspecified atom stereocenters. The summed E-state index contributed by atoms with van der Waals surface area (Å²) in [6, 6.07) is 5.45. The van der Waals surface area contributed by atoms with Crippen molar-refractivity contribution < 1.29 is 14.3 Å². The number of aryl methyl sites for hydroxylation is 1. The van der Waals surface area contributed by atoms with Crippen molar-refractivity contribution >= 4 is 5.97 Å². The summed E-state index contributed by atoms with van der Waals surface area (Å²) in [4.78, 5) is 23.5. The third-order valence-electron chi connectivity index (χ3n) is 3.25. The summed E-state index contributed by atoms with van der Waals surface area (Å²) in [6.45, 7) is 4.15. The molecule has 4 nitrogen and oxygen atoms in total. The first-order chi connectivity index (χ1) is 9.45. The molecule has 0 saturated heterocycles. The van der Waals surface area contributed by atoms with Crippen LogP contribution in [0.25, 0.3) is 11.1 Å². The summed E-state index contributed by atoms with van der Waals surface area (Å²) in [7, 11) is 0. The minimum atomic E-state index is -1.26. The van der Waals surface area contributed by atoms with Crippen LogP contribution in [0.15, 0.2) is 35.3 Å². The Morgan fingerprint density at radius 1 is 1.30 bits per heavy atom. The molecule has 1 N–H and O–H groups in total. The SMILES string of the molecule is CCn1cc(C(=O)O)c(=O)c(-c2ccc(F)cc2)c1C. The van der Waals surface area contributed by atoms with Crippen molar-refractivity contribution in [2.75, 3.05) is 0 Å². The van der Waals surface area contributed by atoms with Gasteiger partial charge in [0.25, 0.3) is 0 Å². The summed E-state index contributed by atoms with van der Waals surface area (Å²) in [5.41, 5.74) is 0.642. The molecule has 0 bridgehead atoms. The van der Waals surface area contributed by atoms with Gasteiger partial charge in [-0.2, -0.15) is 0 Å². The Balaban J connectivity index is 2.80. The maximum absolute atomic E-state index is 13.0. The van der Waals surface area contributed by atoms with Gasteiger partial charge in [0.15, 0.2) is 0 Å². The lowest BCUT2D eigenvalue weighted by Crippen LogP contribution is -2.22. The molecular formula is C15H14FNO3. The van der Waals surface area contributed by atoms with Gasteiger partial charge in [-0.05, 0) is 31.5 Å². The van der Waals surface area contributed by atoms with Gasteiger partial charge in [-0.25, -0.2) is 9.18 Å². The molecule has 0 aliphatic heterocycles. The number of aromatic carboxylic acids is 1. The van der Waals surface area contributed by atoms with Crippen LogP contribution in [0.2, 0.25) is 0 Å². The number of pyridine rings is 1. The van der Waals surface area contributed by atoms with Crippen molar-refractivity contribution in [3.8, 4) is 11.1 Å². The Hall–Kier alpha value is -2.43. The zero-order valence-corrected chi connectivity index (χ0v) is 11.2. The minimum absolute atomic E-state index is 0.281. The smallest absolute Gasteiger partial charge is 0.341 e. The molecule has 2 rings (SSSR count). The van der Waals surface area contributed by atoms with E-state index in [1.807, 2.05) is 6.92 Å². The molecule has 104 valence electrons. The van der Waals surface area contributed by atoms with E-state index in [4.69, 9.17) is 5.11 Å². The molecule has 0 aliphatic carbocycles. The van der Waals surface area contributed by atoms with E-state index in [1.165, 1.54) is 30.5 Å². The van der Waals surface area contributed by atoms with Gasteiger partial charge >= 0.3 is 5.97 Å². The number of rotatable bonds is 3.